The molecule has 1 aromatic carbocycles. The number of nitrogens with two attached hydrogens (primary N) is 1. The number of carbonyl (C=O) groups is 1. The maximum Gasteiger partial charge on any atom is 0.237 e. The Hall–Kier alpha value is -0.810. The fourth-order valence-corrected chi connectivity index (χ4v) is 1.71. The molecule has 4 nitrogen and oxygen atoms in total. The van der Waals surface area contributed by atoms with Gasteiger partial charge in [-0.1, -0.05) is 30.3 Å². The molecule has 0 fully saturated rings. The summed E-state index contributed by atoms with van der Waals surface area (Å²) in [6, 6.07) is 9.84. The van der Waals surface area contributed by atoms with Crippen LogP contribution in [-0.2, 0) is 11.2 Å². The average Bonchev–Trinajstić information content (AvgIpc) is 2.39. The van der Waals surface area contributed by atoms with Crippen molar-refractivity contribution in [1.29, 1.82) is 0 Å². The van der Waals surface area contributed by atoms with Gasteiger partial charge in [0.15, 0.2) is 0 Å². The third-order valence-corrected chi connectivity index (χ3v) is 3.28. The fraction of sp³-hybridized carbons (Fsp3) is 0.533. The molecule has 122 valence electrons. The van der Waals surface area contributed by atoms with E-state index in [1.165, 1.54) is 0 Å². The number of nitrogens with zero attached hydrogens (tertiary/aromatic N) is 1. The normalized spacial score (nSPS) is 11.5. The summed E-state index contributed by atoms with van der Waals surface area (Å²) in [4.78, 5) is 14.0. The molecule has 0 aliphatic carbocycles. The Morgan fingerprint density at radius 2 is 1.81 bits per heavy atom. The minimum Gasteiger partial charge on any atom is -0.353 e. The van der Waals surface area contributed by atoms with Crippen molar-refractivity contribution >= 4 is 30.7 Å². The lowest BCUT2D eigenvalue weighted by Crippen LogP contribution is -2.44. The van der Waals surface area contributed by atoms with Crippen LogP contribution in [0, 0.1) is 0 Å². The van der Waals surface area contributed by atoms with Gasteiger partial charge >= 0.3 is 0 Å². The molecule has 1 rings (SSSR count). The van der Waals surface area contributed by atoms with Gasteiger partial charge in [-0.25, -0.2) is 0 Å². The maximum absolute atomic E-state index is 11.8. The lowest BCUT2D eigenvalue weighted by atomic mass is 10.1. The fourth-order valence-electron chi connectivity index (χ4n) is 1.71. The smallest absolute Gasteiger partial charge is 0.237 e. The summed E-state index contributed by atoms with van der Waals surface area (Å²) < 4.78 is 0. The number of rotatable bonds is 7. The predicted octanol–water partition coefficient (Wildman–Crippen LogP) is 1.86. The molecule has 0 bridgehead atoms. The van der Waals surface area contributed by atoms with Crippen LogP contribution in [0.15, 0.2) is 30.3 Å². The van der Waals surface area contributed by atoms with Crippen LogP contribution < -0.4 is 11.1 Å². The van der Waals surface area contributed by atoms with Gasteiger partial charge in [-0.2, -0.15) is 0 Å². The lowest BCUT2D eigenvalue weighted by Gasteiger charge is -2.21. The van der Waals surface area contributed by atoms with Crippen LogP contribution in [0.1, 0.15) is 19.4 Å². The molecule has 0 spiro atoms. The van der Waals surface area contributed by atoms with Crippen molar-refractivity contribution < 1.29 is 4.79 Å². The second-order valence-electron chi connectivity index (χ2n) is 5.16. The van der Waals surface area contributed by atoms with Crippen LogP contribution in [0.25, 0.3) is 0 Å². The largest absolute Gasteiger partial charge is 0.353 e. The number of carbonyl (C=O) groups excluding carboxylic acids is 1. The first kappa shape index (κ1) is 22.5. The van der Waals surface area contributed by atoms with E-state index in [1.807, 2.05) is 37.4 Å². The third-order valence-electron chi connectivity index (χ3n) is 3.28. The van der Waals surface area contributed by atoms with Crippen molar-refractivity contribution in [2.24, 2.45) is 5.73 Å². The maximum atomic E-state index is 11.8. The van der Waals surface area contributed by atoms with E-state index in [4.69, 9.17) is 5.73 Å². The highest BCUT2D eigenvalue weighted by Gasteiger charge is 2.13. The number of hydrogen-bond donors (Lipinski definition) is 2. The summed E-state index contributed by atoms with van der Waals surface area (Å²) in [6.07, 6.45) is 0.576. The second-order valence-corrected chi connectivity index (χ2v) is 5.16. The monoisotopic (exact) mass is 335 g/mol. The van der Waals surface area contributed by atoms with Gasteiger partial charge in [0.25, 0.3) is 0 Å². The highest BCUT2D eigenvalue weighted by atomic mass is 35.5. The van der Waals surface area contributed by atoms with Crippen molar-refractivity contribution in [3.05, 3.63) is 35.9 Å². The molecule has 3 N–H and O–H groups in total. The van der Waals surface area contributed by atoms with E-state index in [9.17, 15) is 4.79 Å². The molecule has 0 unspecified atom stereocenters. The van der Waals surface area contributed by atoms with E-state index < -0.39 is 6.04 Å². The van der Waals surface area contributed by atoms with Gasteiger partial charge in [-0.3, -0.25) is 4.79 Å². The highest BCUT2D eigenvalue weighted by Crippen LogP contribution is 2.01. The van der Waals surface area contributed by atoms with E-state index in [2.05, 4.69) is 24.1 Å². The number of benzene rings is 1. The predicted molar refractivity (Wildman–Crippen MR) is 93.4 cm³/mol. The van der Waals surface area contributed by atoms with Crippen LogP contribution in [-0.4, -0.2) is 43.0 Å². The number of likely N-dealkylation sites (N-methyl/N-ethyl adjacent to an activating group) is 1. The molecule has 0 saturated carbocycles. The van der Waals surface area contributed by atoms with Gasteiger partial charge in [-0.15, -0.1) is 24.8 Å². The molecule has 0 aliphatic heterocycles. The van der Waals surface area contributed by atoms with Crippen LogP contribution in [0.4, 0.5) is 0 Å². The average molecular weight is 336 g/mol. The Balaban J connectivity index is 0. The van der Waals surface area contributed by atoms with E-state index in [1.54, 1.807) is 0 Å². The number of amides is 1. The SMILES string of the molecule is CC(C)N(C)CCNC(=O)[C@@H](N)Cc1ccccc1.Cl.Cl. The minimum absolute atomic E-state index is 0. The number of nitrogens with one attached hydrogen (secondary N) is 1. The van der Waals surface area contributed by atoms with Gasteiger partial charge in [0.05, 0.1) is 6.04 Å². The lowest BCUT2D eigenvalue weighted by molar-refractivity contribution is -0.122. The molecule has 0 aromatic heterocycles. The minimum atomic E-state index is -0.480. The topological polar surface area (TPSA) is 58.4 Å². The van der Waals surface area contributed by atoms with E-state index in [-0.39, 0.29) is 30.7 Å². The zero-order valence-corrected chi connectivity index (χ0v) is 14.5. The number of hydrogen-bond acceptors (Lipinski definition) is 3. The van der Waals surface area contributed by atoms with Crippen LogP contribution in [0.5, 0.6) is 0 Å². The van der Waals surface area contributed by atoms with Gasteiger partial charge in [-0.05, 0) is 32.9 Å². The highest BCUT2D eigenvalue weighted by molar-refractivity contribution is 5.85. The second kappa shape index (κ2) is 11.8. The Kier molecular flexibility index (Phi) is 12.6. The summed E-state index contributed by atoms with van der Waals surface area (Å²) in [5.74, 6) is -0.0824. The third kappa shape index (κ3) is 8.94. The Labute approximate surface area is 140 Å². The van der Waals surface area contributed by atoms with Crippen molar-refractivity contribution in [2.45, 2.75) is 32.4 Å². The molecule has 21 heavy (non-hydrogen) atoms. The molecule has 1 amide bonds. The molecule has 0 saturated heterocycles. The summed E-state index contributed by atoms with van der Waals surface area (Å²) in [7, 11) is 2.04. The van der Waals surface area contributed by atoms with Crippen molar-refractivity contribution in [3.8, 4) is 0 Å². The van der Waals surface area contributed by atoms with Crippen molar-refractivity contribution in [3.63, 3.8) is 0 Å². The van der Waals surface area contributed by atoms with E-state index in [0.29, 0.717) is 19.0 Å². The summed E-state index contributed by atoms with van der Waals surface area (Å²) in [6.45, 7) is 5.73. The zero-order valence-electron chi connectivity index (χ0n) is 12.9. The zero-order chi connectivity index (χ0) is 14.3. The molecule has 6 heteroatoms. The quantitative estimate of drug-likeness (QED) is 0.799. The summed E-state index contributed by atoms with van der Waals surface area (Å²) >= 11 is 0. The van der Waals surface area contributed by atoms with Crippen LogP contribution >= 0.6 is 24.8 Å². The molecule has 1 atom stereocenters. The van der Waals surface area contributed by atoms with Crippen molar-refractivity contribution in [1.82, 2.24) is 10.2 Å². The molecule has 1 aromatic rings. The van der Waals surface area contributed by atoms with Crippen LogP contribution in [0.3, 0.4) is 0 Å². The Morgan fingerprint density at radius 1 is 1.24 bits per heavy atom. The van der Waals surface area contributed by atoms with E-state index >= 15 is 0 Å². The molecule has 0 radical (unpaired) electrons. The first-order chi connectivity index (χ1) is 9.00. The molecule has 0 aliphatic rings. The summed E-state index contributed by atoms with van der Waals surface area (Å²) in [5.41, 5.74) is 6.99. The summed E-state index contributed by atoms with van der Waals surface area (Å²) in [5, 5.41) is 2.88. The Bertz CT molecular complexity index is 388. The van der Waals surface area contributed by atoms with Crippen LogP contribution in [0.2, 0.25) is 0 Å². The molecular weight excluding hydrogens is 309 g/mol. The van der Waals surface area contributed by atoms with Crippen molar-refractivity contribution in [2.75, 3.05) is 20.1 Å². The molecule has 0 heterocycles. The van der Waals surface area contributed by atoms with Gasteiger partial charge in [0.2, 0.25) is 5.91 Å². The first-order valence-corrected chi connectivity index (χ1v) is 6.78. The van der Waals surface area contributed by atoms with Gasteiger partial charge in [0.1, 0.15) is 0 Å². The van der Waals surface area contributed by atoms with E-state index in [0.717, 1.165) is 12.1 Å². The molecular formula is C15H27Cl2N3O. The van der Waals surface area contributed by atoms with Gasteiger partial charge < -0.3 is 16.0 Å². The van der Waals surface area contributed by atoms with Gasteiger partial charge in [0, 0.05) is 19.1 Å². The Morgan fingerprint density at radius 3 is 2.33 bits per heavy atom. The number of halogens is 2. The standard InChI is InChI=1S/C15H25N3O.2ClH/c1-12(2)18(3)10-9-17-15(19)14(16)11-13-7-5-4-6-8-13;;/h4-8,12,14H,9-11,16H2,1-3H3,(H,17,19);2*1H/t14-;;/m0../s1. The first-order valence-electron chi connectivity index (χ1n) is 6.78.